The first-order chi connectivity index (χ1) is 54.4. The van der Waals surface area contributed by atoms with E-state index in [0.717, 1.165) is 123 Å². The van der Waals surface area contributed by atoms with Gasteiger partial charge in [0.25, 0.3) is 0 Å². The maximum Gasteiger partial charge on any atom is 0.187 e. The summed E-state index contributed by atoms with van der Waals surface area (Å²) >= 11 is 0. The highest BCUT2D eigenvalue weighted by molar-refractivity contribution is 6.18. The van der Waals surface area contributed by atoms with Gasteiger partial charge in [0, 0.05) is 106 Å². The van der Waals surface area contributed by atoms with Crippen molar-refractivity contribution in [3.63, 3.8) is 0 Å². The van der Waals surface area contributed by atoms with Crippen molar-refractivity contribution in [1.29, 1.82) is 15.8 Å². The Hall–Kier alpha value is -15.7. The molecule has 0 spiro atoms. The van der Waals surface area contributed by atoms with Crippen molar-refractivity contribution in [1.82, 2.24) is 9.13 Å². The van der Waals surface area contributed by atoms with E-state index in [4.69, 9.17) is 6.57 Å². The Labute approximate surface area is 637 Å². The number of nitriles is 3. The van der Waals surface area contributed by atoms with Gasteiger partial charge in [0.15, 0.2) is 5.69 Å². The van der Waals surface area contributed by atoms with Gasteiger partial charge in [-0.05, 0) is 211 Å². The van der Waals surface area contributed by atoms with E-state index < -0.39 is 0 Å². The topological polar surface area (TPSA) is 98.5 Å². The summed E-state index contributed by atoms with van der Waals surface area (Å²) in [7, 11) is 0. The molecule has 2 heterocycles. The van der Waals surface area contributed by atoms with E-state index in [2.05, 4.69) is 319 Å². The highest BCUT2D eigenvalue weighted by atomic mass is 15.2. The molecular formula is C100H64N10. The average molecular weight is 1410 g/mol. The van der Waals surface area contributed by atoms with Crippen LogP contribution in [0.4, 0.5) is 73.9 Å². The van der Waals surface area contributed by atoms with E-state index in [1.54, 1.807) is 0 Å². The fourth-order valence-corrected chi connectivity index (χ4v) is 15.7. The van der Waals surface area contributed by atoms with Crippen molar-refractivity contribution >= 4 is 118 Å². The first kappa shape index (κ1) is 66.2. The van der Waals surface area contributed by atoms with Crippen molar-refractivity contribution in [2.45, 2.75) is 0 Å². The first-order valence-corrected chi connectivity index (χ1v) is 36.3. The minimum absolute atomic E-state index is 0.344. The van der Waals surface area contributed by atoms with Gasteiger partial charge in [-0.3, -0.25) is 0 Å². The predicted octanol–water partition coefficient (Wildman–Crippen LogP) is 26.9. The Bertz CT molecular complexity index is 5840. The number of hydrogen-bond donors (Lipinski definition) is 0. The summed E-state index contributed by atoms with van der Waals surface area (Å²) in [5.41, 5.74) is 21.9. The van der Waals surface area contributed by atoms with Gasteiger partial charge in [0.05, 0.1) is 68.8 Å². The van der Waals surface area contributed by atoms with Crippen LogP contribution < -0.4 is 19.6 Å². The first-order valence-electron chi connectivity index (χ1n) is 36.3. The molecule has 0 radical (unpaired) electrons. The molecule has 514 valence electrons. The van der Waals surface area contributed by atoms with Gasteiger partial charge in [-0.1, -0.05) is 194 Å². The summed E-state index contributed by atoms with van der Waals surface area (Å²) in [6, 6.07) is 141. The molecule has 18 rings (SSSR count). The van der Waals surface area contributed by atoms with Gasteiger partial charge in [0.1, 0.15) is 6.07 Å². The molecular weight excluding hydrogens is 1340 g/mol. The fraction of sp³-hybridized carbons (Fsp3) is 0. The van der Waals surface area contributed by atoms with Crippen molar-refractivity contribution < 1.29 is 0 Å². The Kier molecular flexibility index (Phi) is 17.3. The summed E-state index contributed by atoms with van der Waals surface area (Å²) in [6.45, 7) is 8.30. The molecule has 16 aromatic carbocycles. The maximum absolute atomic E-state index is 13.0. The van der Waals surface area contributed by atoms with Crippen LogP contribution in [0.1, 0.15) is 16.7 Å². The lowest BCUT2D eigenvalue weighted by atomic mass is 9.83. The Balaban J connectivity index is 1.04. The van der Waals surface area contributed by atoms with Crippen LogP contribution in [0.2, 0.25) is 0 Å². The summed E-state index contributed by atoms with van der Waals surface area (Å²) in [5.74, 6) is 0. The zero-order valence-electron chi connectivity index (χ0n) is 59.4. The third kappa shape index (κ3) is 11.9. The van der Waals surface area contributed by atoms with Crippen molar-refractivity contribution in [3.8, 4) is 63.0 Å². The van der Waals surface area contributed by atoms with Crippen LogP contribution in [0.15, 0.2) is 388 Å². The molecule has 2 aromatic heterocycles. The third-order valence-electron chi connectivity index (χ3n) is 20.5. The molecule has 0 saturated heterocycles. The van der Waals surface area contributed by atoms with Crippen LogP contribution in [0.25, 0.3) is 93.2 Å². The van der Waals surface area contributed by atoms with E-state index in [1.807, 2.05) is 121 Å². The Morgan fingerprint density at radius 2 is 0.464 bits per heavy atom. The molecule has 0 atom stereocenters. The lowest BCUT2D eigenvalue weighted by Gasteiger charge is -2.29. The van der Waals surface area contributed by atoms with Crippen molar-refractivity contribution in [2.75, 3.05) is 19.6 Å². The van der Waals surface area contributed by atoms with E-state index in [9.17, 15) is 15.8 Å². The van der Waals surface area contributed by atoms with E-state index in [0.29, 0.717) is 56.0 Å². The highest BCUT2D eigenvalue weighted by Gasteiger charge is 2.34. The van der Waals surface area contributed by atoms with E-state index in [-0.39, 0.29) is 0 Å². The van der Waals surface area contributed by atoms with Gasteiger partial charge >= 0.3 is 0 Å². The lowest BCUT2D eigenvalue weighted by Crippen LogP contribution is -2.12. The SMILES string of the molecule is [C-]#[N+]c1ccc(-c2c(C#N)c(-c3ccc(C#N)cc3)c(-n3c4ccc(N(c5ccccc5)c5ccccc5)cc4c4cc(N(c5ccccc5)c5ccccc5)ccc43)c(-c3ccc(C#N)cc3)c2-n2c3ccc(N(c4ccccc4)c4ccccc4)cc3c3cc(N(c4ccccc4)c4ccccc4)ccc32)cc1. The Morgan fingerprint density at radius 1 is 0.236 bits per heavy atom. The van der Waals surface area contributed by atoms with Gasteiger partial charge in [-0.15, -0.1) is 0 Å². The molecule has 10 nitrogen and oxygen atoms in total. The van der Waals surface area contributed by atoms with Crippen molar-refractivity contribution in [2.24, 2.45) is 0 Å². The van der Waals surface area contributed by atoms with Gasteiger partial charge in [-0.25, -0.2) is 4.85 Å². The van der Waals surface area contributed by atoms with Gasteiger partial charge in [-0.2, -0.15) is 15.8 Å². The summed E-state index contributed by atoms with van der Waals surface area (Å²) in [4.78, 5) is 13.1. The molecule has 0 bridgehead atoms. The fourth-order valence-electron chi connectivity index (χ4n) is 15.7. The van der Waals surface area contributed by atoms with E-state index in [1.165, 1.54) is 0 Å². The highest BCUT2D eigenvalue weighted by Crippen LogP contribution is 2.55. The summed E-state index contributed by atoms with van der Waals surface area (Å²) in [6.07, 6.45) is 0. The second kappa shape index (κ2) is 28.7. The summed E-state index contributed by atoms with van der Waals surface area (Å²) in [5, 5.41) is 38.1. The number of benzene rings is 16. The molecule has 0 aliphatic rings. The largest absolute Gasteiger partial charge is 0.310 e. The molecule has 10 heteroatoms. The smallest absolute Gasteiger partial charge is 0.187 e. The normalized spacial score (nSPS) is 11.1. The van der Waals surface area contributed by atoms with E-state index >= 15 is 0 Å². The molecule has 0 fully saturated rings. The molecule has 0 N–H and O–H groups in total. The van der Waals surface area contributed by atoms with Gasteiger partial charge in [0.2, 0.25) is 0 Å². The zero-order valence-corrected chi connectivity index (χ0v) is 59.4. The number of para-hydroxylation sites is 8. The van der Waals surface area contributed by atoms with Crippen LogP contribution in [-0.2, 0) is 0 Å². The predicted molar refractivity (Wildman–Crippen MR) is 451 cm³/mol. The van der Waals surface area contributed by atoms with Crippen LogP contribution in [-0.4, -0.2) is 9.13 Å². The van der Waals surface area contributed by atoms with Crippen LogP contribution in [0.5, 0.6) is 0 Å². The Morgan fingerprint density at radius 3 is 0.682 bits per heavy atom. The minimum atomic E-state index is 0.344. The monoisotopic (exact) mass is 1400 g/mol. The zero-order chi connectivity index (χ0) is 74.0. The molecule has 18 aromatic rings. The number of aromatic nitrogens is 2. The molecule has 0 aliphatic carbocycles. The number of nitrogens with zero attached hydrogens (tertiary/aromatic N) is 10. The van der Waals surface area contributed by atoms with Crippen LogP contribution in [0, 0.1) is 40.6 Å². The summed E-state index contributed by atoms with van der Waals surface area (Å²) < 4.78 is 4.69. The quantitative estimate of drug-likeness (QED) is 0.0838. The molecule has 110 heavy (non-hydrogen) atoms. The van der Waals surface area contributed by atoms with Crippen molar-refractivity contribution in [3.05, 3.63) is 416 Å². The van der Waals surface area contributed by atoms with Crippen LogP contribution >= 0.6 is 0 Å². The number of hydrogen-bond acceptors (Lipinski definition) is 7. The minimum Gasteiger partial charge on any atom is -0.310 e. The standard InChI is InChI=1S/C100H64N10/c1-104-74-52-50-72(51-53-74)97-91(68-103)96(71-46-42-69(66-101)43-47-71)99(109-92-58-54-83(105(75-26-10-2-11-27-75)76-28-12-3-13-29-76)62-87(92)88-63-84(55-59-93(88)109)106(77-30-14-4-15-31-77)78-32-16-5-17-33-78)98(73-48-44-70(67-102)45-49-73)100(97)110-94-60-56-85(107(79-34-18-6-19-35-79)80-36-20-7-21-37-80)64-89(94)90-65-86(57-61-95(90)110)108(81-38-22-8-23-39-81)82-40-24-9-25-41-82/h2-65H. The number of fused-ring (bicyclic) bond motifs is 6. The molecule has 0 aliphatic heterocycles. The van der Waals surface area contributed by atoms with Crippen LogP contribution in [0.3, 0.4) is 0 Å². The average Bonchev–Trinajstić information content (AvgIpc) is 1.41. The number of rotatable bonds is 17. The molecule has 0 unspecified atom stereocenters. The molecule has 0 amide bonds. The second-order valence-electron chi connectivity index (χ2n) is 26.8. The lowest BCUT2D eigenvalue weighted by molar-refractivity contribution is 1.13. The number of anilines is 12. The third-order valence-corrected chi connectivity index (χ3v) is 20.5. The van der Waals surface area contributed by atoms with Gasteiger partial charge < -0.3 is 28.7 Å². The second-order valence-corrected chi connectivity index (χ2v) is 26.8. The maximum atomic E-state index is 13.0. The molecule has 0 saturated carbocycles.